The molecule has 1 N–H and O–H groups in total. The van der Waals surface area contributed by atoms with Crippen molar-refractivity contribution in [2.75, 3.05) is 11.4 Å². The number of rotatable bonds is 9. The summed E-state index contributed by atoms with van der Waals surface area (Å²) in [7, 11) is 0. The van der Waals surface area contributed by atoms with Gasteiger partial charge in [0, 0.05) is 13.1 Å². The number of carbonyl (C=O) groups is 1. The Kier molecular flexibility index (Phi) is 8.12. The maximum Gasteiger partial charge on any atom is 0.355 e. The second-order valence-corrected chi connectivity index (χ2v) is 9.80. The number of carboxylic acid groups (broad SMARTS) is 1. The van der Waals surface area contributed by atoms with Crippen molar-refractivity contribution in [3.8, 4) is 16.8 Å². The molecule has 0 atom stereocenters. The van der Waals surface area contributed by atoms with Gasteiger partial charge in [-0.2, -0.15) is 4.98 Å². The van der Waals surface area contributed by atoms with Crippen LogP contribution < -0.4 is 16.3 Å². The number of aromatic nitrogens is 3. The molecule has 5 aromatic rings. The van der Waals surface area contributed by atoms with E-state index >= 15 is 0 Å². The minimum Gasteiger partial charge on any atom is -0.478 e. The number of nitrogens with zero attached hydrogens (tertiary/aromatic N) is 4. The first-order valence-electron chi connectivity index (χ1n) is 13.1. The molecule has 1 heterocycles. The van der Waals surface area contributed by atoms with Crippen molar-refractivity contribution in [3.63, 3.8) is 0 Å². The highest BCUT2D eigenvalue weighted by atomic mass is 35.5. The highest BCUT2D eigenvalue weighted by Crippen LogP contribution is 2.25. The summed E-state index contributed by atoms with van der Waals surface area (Å²) in [6.45, 7) is 2.68. The smallest absolute Gasteiger partial charge is 0.355 e. The van der Waals surface area contributed by atoms with Crippen LogP contribution in [0.3, 0.4) is 0 Å². The summed E-state index contributed by atoms with van der Waals surface area (Å²) in [6.07, 6.45) is 0. The molecule has 0 amide bonds. The fourth-order valence-electron chi connectivity index (χ4n) is 4.73. The average Bonchev–Trinajstić information content (AvgIpc) is 2.99. The molecule has 0 spiro atoms. The molecule has 0 bridgehead atoms. The van der Waals surface area contributed by atoms with Crippen LogP contribution in [0.5, 0.6) is 0 Å². The molecule has 206 valence electrons. The summed E-state index contributed by atoms with van der Waals surface area (Å²) in [4.78, 5) is 45.8. The van der Waals surface area contributed by atoms with Gasteiger partial charge in [0.15, 0.2) is 0 Å². The van der Waals surface area contributed by atoms with Gasteiger partial charge in [-0.25, -0.2) is 23.5 Å². The Labute approximate surface area is 241 Å². The molecule has 41 heavy (non-hydrogen) atoms. The third-order valence-electron chi connectivity index (χ3n) is 6.80. The third-order valence-corrected chi connectivity index (χ3v) is 7.13. The van der Waals surface area contributed by atoms with E-state index in [1.807, 2.05) is 91.9 Å². The van der Waals surface area contributed by atoms with Crippen molar-refractivity contribution in [1.29, 1.82) is 0 Å². The second kappa shape index (κ2) is 12.1. The van der Waals surface area contributed by atoms with Gasteiger partial charge in [0.25, 0.3) is 0 Å². The van der Waals surface area contributed by atoms with Crippen molar-refractivity contribution in [2.24, 2.45) is 0 Å². The number of hydrogen-bond donors (Lipinski definition) is 1. The number of carboxylic acids is 1. The molecule has 0 unspecified atom stereocenters. The monoisotopic (exact) mass is 566 g/mol. The molecule has 8 nitrogen and oxygen atoms in total. The van der Waals surface area contributed by atoms with E-state index in [9.17, 15) is 19.5 Å². The van der Waals surface area contributed by atoms with E-state index < -0.39 is 17.3 Å². The zero-order valence-electron chi connectivity index (χ0n) is 22.3. The highest BCUT2D eigenvalue weighted by molar-refractivity contribution is 6.33. The Hall–Kier alpha value is -4.95. The van der Waals surface area contributed by atoms with Gasteiger partial charge in [-0.3, -0.25) is 0 Å². The zero-order valence-corrected chi connectivity index (χ0v) is 23.0. The quantitative estimate of drug-likeness (QED) is 0.253. The van der Waals surface area contributed by atoms with Gasteiger partial charge in [-0.1, -0.05) is 96.5 Å². The Balaban J connectivity index is 1.70. The number of anilines is 1. The van der Waals surface area contributed by atoms with E-state index in [1.54, 1.807) is 11.0 Å². The molecular weight excluding hydrogens is 540 g/mol. The minimum atomic E-state index is -1.24. The molecule has 0 aliphatic rings. The van der Waals surface area contributed by atoms with Gasteiger partial charge in [0.2, 0.25) is 5.95 Å². The second-order valence-electron chi connectivity index (χ2n) is 9.39. The molecule has 0 fully saturated rings. The summed E-state index contributed by atoms with van der Waals surface area (Å²) in [5.41, 5.74) is 2.27. The fraction of sp³-hybridized carbons (Fsp3) is 0.125. The normalized spacial score (nSPS) is 10.9. The van der Waals surface area contributed by atoms with Gasteiger partial charge in [0.05, 0.1) is 22.8 Å². The lowest BCUT2D eigenvalue weighted by Gasteiger charge is -2.26. The van der Waals surface area contributed by atoms with E-state index in [-0.39, 0.29) is 28.8 Å². The van der Waals surface area contributed by atoms with Crippen molar-refractivity contribution >= 4 is 23.5 Å². The molecule has 0 aliphatic carbocycles. The Bertz CT molecular complexity index is 1820. The largest absolute Gasteiger partial charge is 0.478 e. The van der Waals surface area contributed by atoms with Gasteiger partial charge in [-0.15, -0.1) is 0 Å². The van der Waals surface area contributed by atoms with Crippen molar-refractivity contribution < 1.29 is 9.90 Å². The Morgan fingerprint density at radius 2 is 1.56 bits per heavy atom. The molecule has 0 aliphatic heterocycles. The van der Waals surface area contributed by atoms with Crippen molar-refractivity contribution in [3.05, 3.63) is 146 Å². The molecule has 0 saturated carbocycles. The number of halogens is 1. The predicted molar refractivity (Wildman–Crippen MR) is 160 cm³/mol. The third kappa shape index (κ3) is 5.83. The van der Waals surface area contributed by atoms with E-state index in [0.29, 0.717) is 13.1 Å². The first kappa shape index (κ1) is 27.6. The standard InChI is InChI=1S/C32H27ClN4O4/c1-2-35(20-22-11-5-3-6-12-22)30-34-31(40)36(21-24-15-9-10-16-26(24)23-13-7-4-8-14-23)32(41)37(30)25-17-18-28(33)27(19-25)29(38)39/h3-19H,2,20-21H2,1H3,(H,38,39). The molecule has 1 aromatic heterocycles. The number of benzene rings is 4. The van der Waals surface area contributed by atoms with Crippen LogP contribution in [-0.2, 0) is 13.1 Å². The van der Waals surface area contributed by atoms with Gasteiger partial charge >= 0.3 is 17.3 Å². The van der Waals surface area contributed by atoms with Crippen LogP contribution in [0.4, 0.5) is 5.95 Å². The van der Waals surface area contributed by atoms with E-state index in [4.69, 9.17) is 11.6 Å². The van der Waals surface area contributed by atoms with E-state index in [0.717, 1.165) is 26.8 Å². The van der Waals surface area contributed by atoms with Crippen molar-refractivity contribution in [2.45, 2.75) is 20.0 Å². The van der Waals surface area contributed by atoms with Crippen LogP contribution in [-0.4, -0.2) is 31.7 Å². The Morgan fingerprint density at radius 1 is 0.902 bits per heavy atom. The van der Waals surface area contributed by atoms with Crippen LogP contribution in [0.15, 0.2) is 113 Å². The molecule has 5 rings (SSSR count). The van der Waals surface area contributed by atoms with Gasteiger partial charge in [0.1, 0.15) is 0 Å². The van der Waals surface area contributed by atoms with E-state index in [1.165, 1.54) is 16.7 Å². The molecular formula is C32H27ClN4O4. The summed E-state index contributed by atoms with van der Waals surface area (Å²) in [5, 5.41) is 9.74. The molecule has 0 radical (unpaired) electrons. The van der Waals surface area contributed by atoms with Crippen LogP contribution in [0, 0.1) is 0 Å². The summed E-state index contributed by atoms with van der Waals surface area (Å²) >= 11 is 6.15. The van der Waals surface area contributed by atoms with Crippen LogP contribution in [0.1, 0.15) is 28.4 Å². The van der Waals surface area contributed by atoms with Crippen LogP contribution >= 0.6 is 11.6 Å². The SMILES string of the molecule is CCN(Cc1ccccc1)c1nc(=O)n(Cc2ccccc2-c2ccccc2)c(=O)n1-c1ccc(Cl)c(C(=O)O)c1. The van der Waals surface area contributed by atoms with Crippen molar-refractivity contribution in [1.82, 2.24) is 14.1 Å². The lowest BCUT2D eigenvalue weighted by molar-refractivity contribution is 0.0697. The Morgan fingerprint density at radius 3 is 2.24 bits per heavy atom. The number of aromatic carboxylic acids is 1. The first-order valence-corrected chi connectivity index (χ1v) is 13.4. The summed E-state index contributed by atoms with van der Waals surface area (Å²) in [6, 6.07) is 31.1. The van der Waals surface area contributed by atoms with Crippen LogP contribution in [0.2, 0.25) is 5.02 Å². The maximum atomic E-state index is 14.2. The lowest BCUT2D eigenvalue weighted by atomic mass is 10.00. The first-order chi connectivity index (χ1) is 19.9. The molecule has 0 saturated heterocycles. The minimum absolute atomic E-state index is 0.0276. The molecule has 4 aromatic carbocycles. The number of hydrogen-bond acceptors (Lipinski definition) is 5. The highest BCUT2D eigenvalue weighted by Gasteiger charge is 2.22. The zero-order chi connectivity index (χ0) is 28.9. The van der Waals surface area contributed by atoms with Gasteiger partial charge < -0.3 is 10.0 Å². The maximum absolute atomic E-state index is 14.2. The summed E-state index contributed by atoms with van der Waals surface area (Å²) < 4.78 is 2.35. The topological polar surface area (TPSA) is 97.4 Å². The van der Waals surface area contributed by atoms with Crippen LogP contribution in [0.25, 0.3) is 16.8 Å². The predicted octanol–water partition coefficient (Wildman–Crippen LogP) is 5.49. The summed E-state index contributed by atoms with van der Waals surface area (Å²) in [5.74, 6) is -1.13. The molecule has 9 heteroatoms. The van der Waals surface area contributed by atoms with E-state index in [2.05, 4.69) is 4.98 Å². The van der Waals surface area contributed by atoms with Gasteiger partial charge in [-0.05, 0) is 47.4 Å². The lowest BCUT2D eigenvalue weighted by Crippen LogP contribution is -2.44. The fourth-order valence-corrected chi connectivity index (χ4v) is 4.93. The average molecular weight is 567 g/mol.